The Morgan fingerprint density at radius 2 is 1.59 bits per heavy atom. The fraction of sp³-hybridized carbons (Fsp3) is 0.294. The van der Waals surface area contributed by atoms with Gasteiger partial charge in [-0.15, -0.1) is 0 Å². The van der Waals surface area contributed by atoms with Crippen LogP contribution in [-0.2, 0) is 6.42 Å². The van der Waals surface area contributed by atoms with Crippen LogP contribution in [0.1, 0.15) is 38.8 Å². The first-order chi connectivity index (χ1) is 8.27. The summed E-state index contributed by atoms with van der Waals surface area (Å²) in [5.74, 6) is 0. The number of hydrogen-bond acceptors (Lipinski definition) is 0. The molecule has 0 atom stereocenters. The average Bonchev–Trinajstić information content (AvgIpc) is 2.43. The Hall–Kier alpha value is -1.56. The predicted molar refractivity (Wildman–Crippen MR) is 82.3 cm³/mol. The van der Waals surface area contributed by atoms with Gasteiger partial charge in [-0.3, -0.25) is 0 Å². The predicted octanol–water partition coefficient (Wildman–Crippen LogP) is 5.67. The number of hydrogen-bond donors (Lipinski definition) is 0. The molecule has 0 aliphatic carbocycles. The van der Waals surface area contributed by atoms with Gasteiger partial charge in [-0.1, -0.05) is 89.4 Å². The highest BCUT2D eigenvalue weighted by atomic mass is 14.0. The Morgan fingerprint density at radius 1 is 1.06 bits per heavy atom. The van der Waals surface area contributed by atoms with Crippen molar-refractivity contribution < 1.29 is 0 Å². The third-order valence-electron chi connectivity index (χ3n) is 1.98. The minimum atomic E-state index is 0.853. The van der Waals surface area contributed by atoms with Crippen LogP contribution in [0, 0.1) is 0 Å². The van der Waals surface area contributed by atoms with Crippen molar-refractivity contribution in [3.8, 4) is 0 Å². The van der Waals surface area contributed by atoms with Gasteiger partial charge in [0.05, 0.1) is 0 Å². The van der Waals surface area contributed by atoms with Crippen molar-refractivity contribution in [3.63, 3.8) is 0 Å². The summed E-state index contributed by atoms with van der Waals surface area (Å²) in [5, 5.41) is 0. The molecular formula is C17H26. The van der Waals surface area contributed by atoms with E-state index in [2.05, 4.69) is 31.9 Å². The van der Waals surface area contributed by atoms with Crippen LogP contribution in [0.2, 0.25) is 0 Å². The van der Waals surface area contributed by atoms with E-state index < -0.39 is 0 Å². The minimum absolute atomic E-state index is 0.853. The fourth-order valence-electron chi connectivity index (χ4n) is 1.21. The first kappa shape index (κ1) is 17.8. The Bertz CT molecular complexity index is 332. The second-order valence-electron chi connectivity index (χ2n) is 2.94. The van der Waals surface area contributed by atoms with Crippen LogP contribution >= 0.6 is 0 Å². The van der Waals surface area contributed by atoms with Crippen molar-refractivity contribution in [1.82, 2.24) is 0 Å². The lowest BCUT2D eigenvalue weighted by Crippen LogP contribution is -1.89. The second-order valence-corrected chi connectivity index (χ2v) is 2.94. The highest BCUT2D eigenvalue weighted by Crippen LogP contribution is 2.14. The van der Waals surface area contributed by atoms with Crippen LogP contribution in [0.4, 0.5) is 0 Å². The lowest BCUT2D eigenvalue weighted by molar-refractivity contribution is 1.20. The standard InChI is InChI=1S/C13H14.2C2H6/c1-4-11(3)10-13-9-7-6-8-12(13)5-2;2*1-2/h4-9H,1-3,10H2;2*1-2H3. The maximum atomic E-state index is 3.89. The molecule has 0 aromatic heterocycles. The molecule has 0 saturated heterocycles. The quantitative estimate of drug-likeness (QED) is 0.585. The van der Waals surface area contributed by atoms with Gasteiger partial charge in [0.25, 0.3) is 0 Å². The summed E-state index contributed by atoms with van der Waals surface area (Å²) in [4.78, 5) is 0. The van der Waals surface area contributed by atoms with Crippen molar-refractivity contribution in [2.45, 2.75) is 34.1 Å². The van der Waals surface area contributed by atoms with Crippen LogP contribution in [-0.4, -0.2) is 0 Å². The summed E-state index contributed by atoms with van der Waals surface area (Å²) in [6, 6.07) is 8.18. The molecule has 1 rings (SSSR count). The van der Waals surface area contributed by atoms with Crippen molar-refractivity contribution in [1.29, 1.82) is 0 Å². The molecule has 0 N–H and O–H groups in total. The molecule has 0 nitrogen and oxygen atoms in total. The lowest BCUT2D eigenvalue weighted by Gasteiger charge is -2.04. The van der Waals surface area contributed by atoms with Gasteiger partial charge in [0, 0.05) is 0 Å². The maximum Gasteiger partial charge on any atom is -0.00259 e. The van der Waals surface area contributed by atoms with E-state index in [0.717, 1.165) is 12.0 Å². The van der Waals surface area contributed by atoms with Crippen LogP contribution in [0.5, 0.6) is 0 Å². The first-order valence-electron chi connectivity index (χ1n) is 6.28. The normalized spacial score (nSPS) is 7.76. The van der Waals surface area contributed by atoms with Crippen LogP contribution in [0.15, 0.2) is 55.7 Å². The molecule has 0 aliphatic heterocycles. The topological polar surface area (TPSA) is 0 Å². The molecule has 1 aromatic carbocycles. The number of benzene rings is 1. The van der Waals surface area contributed by atoms with Gasteiger partial charge in [0.2, 0.25) is 0 Å². The van der Waals surface area contributed by atoms with Gasteiger partial charge in [-0.2, -0.15) is 0 Å². The van der Waals surface area contributed by atoms with E-state index in [0.29, 0.717) is 0 Å². The Morgan fingerprint density at radius 3 is 2.06 bits per heavy atom. The van der Waals surface area contributed by atoms with Crippen LogP contribution in [0.3, 0.4) is 0 Å². The summed E-state index contributed by atoms with van der Waals surface area (Å²) in [6.45, 7) is 19.3. The third kappa shape index (κ3) is 7.35. The zero-order valence-corrected chi connectivity index (χ0v) is 11.8. The molecule has 0 aliphatic rings. The molecule has 0 amide bonds. The minimum Gasteiger partial charge on any atom is -0.0988 e. The third-order valence-corrected chi connectivity index (χ3v) is 1.98. The van der Waals surface area contributed by atoms with Gasteiger partial charge in [-0.25, -0.2) is 0 Å². The molecule has 94 valence electrons. The maximum absolute atomic E-state index is 3.89. The summed E-state index contributed by atoms with van der Waals surface area (Å²) < 4.78 is 0. The van der Waals surface area contributed by atoms with Crippen molar-refractivity contribution in [3.05, 3.63) is 66.8 Å². The lowest BCUT2D eigenvalue weighted by atomic mass is 10.0. The van der Waals surface area contributed by atoms with E-state index >= 15 is 0 Å². The molecule has 0 fully saturated rings. The molecule has 0 unspecified atom stereocenters. The Balaban J connectivity index is 0. The van der Waals surface area contributed by atoms with E-state index in [9.17, 15) is 0 Å². The van der Waals surface area contributed by atoms with Gasteiger partial charge in [-0.05, 0) is 17.5 Å². The van der Waals surface area contributed by atoms with Gasteiger partial charge in [0.1, 0.15) is 0 Å². The fourth-order valence-corrected chi connectivity index (χ4v) is 1.21. The van der Waals surface area contributed by atoms with Gasteiger partial charge in [0.15, 0.2) is 0 Å². The first-order valence-corrected chi connectivity index (χ1v) is 6.28. The summed E-state index contributed by atoms with van der Waals surface area (Å²) in [6.07, 6.45) is 4.51. The van der Waals surface area contributed by atoms with E-state index in [1.807, 2.05) is 45.9 Å². The van der Waals surface area contributed by atoms with Crippen molar-refractivity contribution in [2.24, 2.45) is 0 Å². The molecular weight excluding hydrogens is 204 g/mol. The van der Waals surface area contributed by atoms with Gasteiger partial charge >= 0.3 is 0 Å². The van der Waals surface area contributed by atoms with Crippen molar-refractivity contribution >= 4 is 6.08 Å². The van der Waals surface area contributed by atoms with E-state index in [4.69, 9.17) is 0 Å². The summed E-state index contributed by atoms with van der Waals surface area (Å²) >= 11 is 0. The molecule has 17 heavy (non-hydrogen) atoms. The van der Waals surface area contributed by atoms with E-state index in [1.54, 1.807) is 6.08 Å². The van der Waals surface area contributed by atoms with E-state index in [-0.39, 0.29) is 0 Å². The average molecular weight is 230 g/mol. The molecule has 0 saturated carbocycles. The smallest absolute Gasteiger partial charge is 0.00259 e. The Kier molecular flexibility index (Phi) is 13.1. The second kappa shape index (κ2) is 12.5. The molecule has 1 aromatic rings. The van der Waals surface area contributed by atoms with Crippen molar-refractivity contribution in [2.75, 3.05) is 0 Å². The molecule has 0 heterocycles. The highest BCUT2D eigenvalue weighted by Gasteiger charge is 1.97. The molecule has 0 heteroatoms. The number of rotatable bonds is 4. The zero-order valence-electron chi connectivity index (χ0n) is 11.8. The molecule has 0 spiro atoms. The summed E-state index contributed by atoms with van der Waals surface area (Å²) in [5.41, 5.74) is 3.46. The zero-order chi connectivity index (χ0) is 13.7. The van der Waals surface area contributed by atoms with Crippen LogP contribution in [0.25, 0.3) is 6.08 Å². The largest absolute Gasteiger partial charge is 0.0988 e. The summed E-state index contributed by atoms with van der Waals surface area (Å²) in [7, 11) is 0. The molecule has 0 bridgehead atoms. The highest BCUT2D eigenvalue weighted by molar-refractivity contribution is 5.52. The molecule has 0 radical (unpaired) electrons. The Labute approximate surface area is 107 Å². The monoisotopic (exact) mass is 230 g/mol. The van der Waals surface area contributed by atoms with Gasteiger partial charge < -0.3 is 0 Å². The van der Waals surface area contributed by atoms with E-state index in [1.165, 1.54) is 11.1 Å². The SMILES string of the molecule is C=CC(=C)Cc1ccccc1C=C.CC.CC. The van der Waals surface area contributed by atoms with Crippen LogP contribution < -0.4 is 0 Å². The number of allylic oxidation sites excluding steroid dienone is 2.